The molecule has 2 N–H and O–H groups in total. The SMILES string of the molecule is Oc1ccc(-c2noc(CCNC3CC3)n2)cc1. The normalized spacial score (nSPS) is 14.9. The summed E-state index contributed by atoms with van der Waals surface area (Å²) in [5.41, 5.74) is 0.845. The summed E-state index contributed by atoms with van der Waals surface area (Å²) in [7, 11) is 0. The van der Waals surface area contributed by atoms with Crippen LogP contribution in [0.15, 0.2) is 28.8 Å². The molecule has 5 nitrogen and oxygen atoms in total. The van der Waals surface area contributed by atoms with Crippen LogP contribution in [0.5, 0.6) is 5.75 Å². The minimum atomic E-state index is 0.233. The van der Waals surface area contributed by atoms with E-state index >= 15 is 0 Å². The van der Waals surface area contributed by atoms with Crippen molar-refractivity contribution in [3.05, 3.63) is 30.2 Å². The number of nitrogens with one attached hydrogen (secondary N) is 1. The standard InChI is InChI=1S/C13H15N3O2/c17-11-5-1-9(2-6-11)13-15-12(18-16-13)7-8-14-10-3-4-10/h1-2,5-6,10,14,17H,3-4,7-8H2. The third kappa shape index (κ3) is 2.68. The van der Waals surface area contributed by atoms with Gasteiger partial charge in [0, 0.05) is 24.6 Å². The highest BCUT2D eigenvalue weighted by Gasteiger charge is 2.20. The van der Waals surface area contributed by atoms with E-state index in [2.05, 4.69) is 15.5 Å². The molecular weight excluding hydrogens is 230 g/mol. The minimum Gasteiger partial charge on any atom is -0.508 e. The molecule has 0 radical (unpaired) electrons. The van der Waals surface area contributed by atoms with Gasteiger partial charge in [0.1, 0.15) is 5.75 Å². The van der Waals surface area contributed by atoms with Crippen molar-refractivity contribution in [3.8, 4) is 17.1 Å². The summed E-state index contributed by atoms with van der Waals surface area (Å²) < 4.78 is 5.19. The monoisotopic (exact) mass is 245 g/mol. The number of rotatable bonds is 5. The summed E-state index contributed by atoms with van der Waals surface area (Å²) in [6, 6.07) is 7.46. The van der Waals surface area contributed by atoms with E-state index in [1.807, 2.05) is 0 Å². The van der Waals surface area contributed by atoms with E-state index in [1.54, 1.807) is 24.3 Å². The second-order valence-electron chi connectivity index (χ2n) is 4.54. The highest BCUT2D eigenvalue weighted by atomic mass is 16.5. The number of aromatic hydroxyl groups is 1. The van der Waals surface area contributed by atoms with Crippen molar-refractivity contribution in [2.75, 3.05) is 6.54 Å². The maximum absolute atomic E-state index is 9.21. The molecule has 1 aromatic carbocycles. The fourth-order valence-electron chi connectivity index (χ4n) is 1.75. The van der Waals surface area contributed by atoms with E-state index in [0.29, 0.717) is 17.8 Å². The lowest BCUT2D eigenvalue weighted by molar-refractivity contribution is 0.376. The summed E-state index contributed by atoms with van der Waals surface area (Å²) in [6.45, 7) is 0.877. The average molecular weight is 245 g/mol. The van der Waals surface area contributed by atoms with Crippen molar-refractivity contribution in [3.63, 3.8) is 0 Å². The van der Waals surface area contributed by atoms with Crippen LogP contribution in [0.4, 0.5) is 0 Å². The summed E-state index contributed by atoms with van der Waals surface area (Å²) in [6.07, 6.45) is 3.31. The van der Waals surface area contributed by atoms with Crippen molar-refractivity contribution < 1.29 is 9.63 Å². The van der Waals surface area contributed by atoms with Crippen LogP contribution >= 0.6 is 0 Å². The summed E-state index contributed by atoms with van der Waals surface area (Å²) in [4.78, 5) is 4.33. The maximum atomic E-state index is 9.21. The first-order valence-electron chi connectivity index (χ1n) is 6.16. The first-order valence-corrected chi connectivity index (χ1v) is 6.16. The number of benzene rings is 1. The summed E-state index contributed by atoms with van der Waals surface area (Å²) >= 11 is 0. The van der Waals surface area contributed by atoms with Crippen LogP contribution < -0.4 is 5.32 Å². The van der Waals surface area contributed by atoms with Gasteiger partial charge in [-0.1, -0.05) is 5.16 Å². The smallest absolute Gasteiger partial charge is 0.228 e. The maximum Gasteiger partial charge on any atom is 0.228 e. The van der Waals surface area contributed by atoms with Gasteiger partial charge in [0.05, 0.1) is 0 Å². The molecule has 0 spiro atoms. The van der Waals surface area contributed by atoms with Crippen LogP contribution in [0.1, 0.15) is 18.7 Å². The molecule has 0 saturated heterocycles. The third-order valence-electron chi connectivity index (χ3n) is 2.94. The molecule has 1 fully saturated rings. The lowest BCUT2D eigenvalue weighted by Gasteiger charge is -1.97. The second kappa shape index (κ2) is 4.78. The Morgan fingerprint density at radius 2 is 2.06 bits per heavy atom. The number of nitrogens with zero attached hydrogens (tertiary/aromatic N) is 2. The lowest BCUT2D eigenvalue weighted by atomic mass is 10.2. The highest BCUT2D eigenvalue weighted by molar-refractivity contribution is 5.55. The lowest BCUT2D eigenvalue weighted by Crippen LogP contribution is -2.19. The molecular formula is C13H15N3O2. The van der Waals surface area contributed by atoms with Gasteiger partial charge in [0.15, 0.2) is 0 Å². The van der Waals surface area contributed by atoms with Crippen LogP contribution in [0, 0.1) is 0 Å². The molecule has 2 aromatic rings. The number of phenolic OH excluding ortho intramolecular Hbond substituents is 1. The van der Waals surface area contributed by atoms with Crippen LogP contribution in [0.2, 0.25) is 0 Å². The van der Waals surface area contributed by atoms with Gasteiger partial charge in [-0.15, -0.1) is 0 Å². The van der Waals surface area contributed by atoms with Gasteiger partial charge in [0.2, 0.25) is 11.7 Å². The summed E-state index contributed by atoms with van der Waals surface area (Å²) in [5.74, 6) is 1.44. The molecule has 1 aliphatic carbocycles. The van der Waals surface area contributed by atoms with E-state index in [1.165, 1.54) is 12.8 Å². The molecule has 1 saturated carbocycles. The number of hydrogen-bond donors (Lipinski definition) is 2. The predicted octanol–water partition coefficient (Wildman–Crippen LogP) is 1.74. The molecule has 5 heteroatoms. The predicted molar refractivity (Wildman–Crippen MR) is 66.1 cm³/mol. The number of aromatic nitrogens is 2. The van der Waals surface area contributed by atoms with Crippen LogP contribution in [-0.2, 0) is 6.42 Å². The summed E-state index contributed by atoms with van der Waals surface area (Å²) in [5, 5.41) is 16.5. The Morgan fingerprint density at radius 3 is 2.78 bits per heavy atom. The van der Waals surface area contributed by atoms with Gasteiger partial charge < -0.3 is 14.9 Å². The van der Waals surface area contributed by atoms with E-state index in [0.717, 1.165) is 18.5 Å². The molecule has 94 valence electrons. The molecule has 0 aliphatic heterocycles. The molecule has 18 heavy (non-hydrogen) atoms. The van der Waals surface area contributed by atoms with Crippen LogP contribution in [0.3, 0.4) is 0 Å². The number of hydrogen-bond acceptors (Lipinski definition) is 5. The minimum absolute atomic E-state index is 0.233. The van der Waals surface area contributed by atoms with Gasteiger partial charge in [-0.05, 0) is 37.1 Å². The zero-order valence-corrected chi connectivity index (χ0v) is 9.97. The van der Waals surface area contributed by atoms with E-state index in [9.17, 15) is 5.11 Å². The van der Waals surface area contributed by atoms with Crippen molar-refractivity contribution in [1.29, 1.82) is 0 Å². The molecule has 0 amide bonds. The largest absolute Gasteiger partial charge is 0.508 e. The van der Waals surface area contributed by atoms with Gasteiger partial charge in [-0.3, -0.25) is 0 Å². The van der Waals surface area contributed by atoms with Crippen molar-refractivity contribution in [2.24, 2.45) is 0 Å². The fourth-order valence-corrected chi connectivity index (χ4v) is 1.75. The highest BCUT2D eigenvalue weighted by Crippen LogP contribution is 2.20. The first kappa shape index (κ1) is 11.2. The molecule has 1 heterocycles. The second-order valence-corrected chi connectivity index (χ2v) is 4.54. The zero-order valence-electron chi connectivity index (χ0n) is 9.97. The quantitative estimate of drug-likeness (QED) is 0.839. The molecule has 1 aromatic heterocycles. The van der Waals surface area contributed by atoms with Crippen LogP contribution in [0.25, 0.3) is 11.4 Å². The first-order chi connectivity index (χ1) is 8.81. The Morgan fingerprint density at radius 1 is 1.28 bits per heavy atom. The van der Waals surface area contributed by atoms with Crippen molar-refractivity contribution in [2.45, 2.75) is 25.3 Å². The zero-order chi connectivity index (χ0) is 12.4. The Balaban J connectivity index is 1.62. The Labute approximate surface area is 105 Å². The molecule has 3 rings (SSSR count). The number of phenols is 1. The topological polar surface area (TPSA) is 71.2 Å². The Hall–Kier alpha value is -1.88. The third-order valence-corrected chi connectivity index (χ3v) is 2.94. The Kier molecular flexibility index (Phi) is 2.98. The molecule has 0 bridgehead atoms. The van der Waals surface area contributed by atoms with E-state index in [-0.39, 0.29) is 5.75 Å². The van der Waals surface area contributed by atoms with Crippen LogP contribution in [-0.4, -0.2) is 27.8 Å². The van der Waals surface area contributed by atoms with Gasteiger partial charge in [0.25, 0.3) is 0 Å². The molecule has 0 atom stereocenters. The average Bonchev–Trinajstić information content (AvgIpc) is 3.08. The van der Waals surface area contributed by atoms with Gasteiger partial charge >= 0.3 is 0 Å². The van der Waals surface area contributed by atoms with Crippen molar-refractivity contribution >= 4 is 0 Å². The van der Waals surface area contributed by atoms with Gasteiger partial charge in [-0.2, -0.15) is 4.98 Å². The molecule has 0 unspecified atom stereocenters. The molecule has 1 aliphatic rings. The Bertz CT molecular complexity index is 517. The van der Waals surface area contributed by atoms with Crippen molar-refractivity contribution in [1.82, 2.24) is 15.5 Å². The van der Waals surface area contributed by atoms with E-state index < -0.39 is 0 Å². The van der Waals surface area contributed by atoms with E-state index in [4.69, 9.17) is 4.52 Å². The fraction of sp³-hybridized carbons (Fsp3) is 0.385. The van der Waals surface area contributed by atoms with Gasteiger partial charge in [-0.25, -0.2) is 0 Å².